The van der Waals surface area contributed by atoms with Crippen molar-refractivity contribution in [1.29, 1.82) is 0 Å². The molecule has 1 aromatic heterocycles. The third-order valence-electron chi connectivity index (χ3n) is 4.95. The SMILES string of the molecule is Cc1cc(OC(=O)c2cc3ccccc3o2)cc2c1C(=O)/C(=C/c1ccc(F)cc1)O2. The fourth-order valence-corrected chi connectivity index (χ4v) is 3.49. The molecule has 5 rings (SSSR count). The molecule has 4 aromatic rings. The molecular weight excluding hydrogens is 399 g/mol. The van der Waals surface area contributed by atoms with Crippen molar-refractivity contribution in [3.8, 4) is 11.5 Å². The van der Waals surface area contributed by atoms with Crippen molar-refractivity contribution < 1.29 is 27.9 Å². The van der Waals surface area contributed by atoms with E-state index in [1.54, 1.807) is 43.3 Å². The number of aryl methyl sites for hydroxylation is 1. The highest BCUT2D eigenvalue weighted by Crippen LogP contribution is 2.37. The van der Waals surface area contributed by atoms with Gasteiger partial charge >= 0.3 is 5.97 Å². The number of hydrogen-bond acceptors (Lipinski definition) is 5. The molecule has 2 heterocycles. The number of carbonyl (C=O) groups excluding carboxylic acids is 2. The van der Waals surface area contributed by atoms with Gasteiger partial charge in [0.15, 0.2) is 5.76 Å². The summed E-state index contributed by atoms with van der Waals surface area (Å²) in [5, 5.41) is 0.795. The standard InChI is InChI=1S/C25H15FO5/c1-14-10-18(29-25(28)22-12-16-4-2-3-5-19(16)30-22)13-20-23(14)24(27)21(31-20)11-15-6-8-17(26)9-7-15/h2-13H,1H3/b21-11-. The molecule has 0 fully saturated rings. The van der Waals surface area contributed by atoms with Crippen LogP contribution in [0.1, 0.15) is 32.0 Å². The van der Waals surface area contributed by atoms with E-state index in [4.69, 9.17) is 13.9 Å². The Hall–Kier alpha value is -4.19. The monoisotopic (exact) mass is 414 g/mol. The lowest BCUT2D eigenvalue weighted by atomic mass is 10.0. The van der Waals surface area contributed by atoms with E-state index in [2.05, 4.69) is 0 Å². The molecule has 0 unspecified atom stereocenters. The Morgan fingerprint density at radius 2 is 1.81 bits per heavy atom. The minimum atomic E-state index is -0.651. The molecule has 0 atom stereocenters. The second-order valence-electron chi connectivity index (χ2n) is 7.14. The second kappa shape index (κ2) is 7.25. The third kappa shape index (κ3) is 3.48. The van der Waals surface area contributed by atoms with Crippen LogP contribution in [0.4, 0.5) is 4.39 Å². The van der Waals surface area contributed by atoms with Gasteiger partial charge < -0.3 is 13.9 Å². The molecule has 0 radical (unpaired) electrons. The van der Waals surface area contributed by atoms with Gasteiger partial charge in [-0.1, -0.05) is 30.3 Å². The highest BCUT2D eigenvalue weighted by atomic mass is 19.1. The van der Waals surface area contributed by atoms with Gasteiger partial charge in [0.05, 0.1) is 5.56 Å². The highest BCUT2D eigenvalue weighted by Gasteiger charge is 2.30. The largest absolute Gasteiger partial charge is 0.452 e. The predicted molar refractivity (Wildman–Crippen MR) is 112 cm³/mol. The predicted octanol–water partition coefficient (Wildman–Crippen LogP) is 5.72. The van der Waals surface area contributed by atoms with Gasteiger partial charge in [0.25, 0.3) is 0 Å². The maximum Gasteiger partial charge on any atom is 0.379 e. The molecule has 1 aliphatic rings. The number of allylic oxidation sites excluding steroid dienone is 1. The Labute approximate surface area is 176 Å². The Balaban J connectivity index is 1.41. The fourth-order valence-electron chi connectivity index (χ4n) is 3.49. The van der Waals surface area contributed by atoms with E-state index < -0.39 is 5.97 Å². The smallest absolute Gasteiger partial charge is 0.379 e. The van der Waals surface area contributed by atoms with Crippen LogP contribution in [0.25, 0.3) is 17.0 Å². The van der Waals surface area contributed by atoms with Crippen LogP contribution in [-0.4, -0.2) is 11.8 Å². The van der Waals surface area contributed by atoms with Crippen LogP contribution in [0.2, 0.25) is 0 Å². The molecule has 5 nitrogen and oxygen atoms in total. The normalized spacial score (nSPS) is 14.0. The zero-order valence-corrected chi connectivity index (χ0v) is 16.3. The summed E-state index contributed by atoms with van der Waals surface area (Å²) in [6.07, 6.45) is 1.54. The van der Waals surface area contributed by atoms with Crippen molar-refractivity contribution in [2.24, 2.45) is 0 Å². The van der Waals surface area contributed by atoms with Crippen LogP contribution in [0.5, 0.6) is 11.5 Å². The topological polar surface area (TPSA) is 65.7 Å². The first-order chi connectivity index (χ1) is 15.0. The van der Waals surface area contributed by atoms with Crippen molar-refractivity contribution in [3.05, 3.63) is 101 Å². The first kappa shape index (κ1) is 18.8. The van der Waals surface area contributed by atoms with Gasteiger partial charge in [-0.2, -0.15) is 0 Å². The molecule has 0 amide bonds. The number of furan rings is 1. The Kier molecular flexibility index (Phi) is 4.40. The number of ketones is 1. The first-order valence-electron chi connectivity index (χ1n) is 9.53. The van der Waals surface area contributed by atoms with E-state index >= 15 is 0 Å². The minimum Gasteiger partial charge on any atom is -0.452 e. The molecule has 152 valence electrons. The number of ether oxygens (including phenoxy) is 2. The van der Waals surface area contributed by atoms with Crippen molar-refractivity contribution >= 4 is 28.8 Å². The quantitative estimate of drug-likeness (QED) is 0.244. The fraction of sp³-hybridized carbons (Fsp3) is 0.0400. The number of Topliss-reactive ketones (excluding diaryl/α,β-unsaturated/α-hetero) is 1. The maximum atomic E-state index is 13.1. The summed E-state index contributed by atoms with van der Waals surface area (Å²) < 4.78 is 29.8. The van der Waals surface area contributed by atoms with E-state index in [1.165, 1.54) is 18.2 Å². The van der Waals surface area contributed by atoms with Gasteiger partial charge in [0.1, 0.15) is 22.9 Å². The molecule has 0 spiro atoms. The van der Waals surface area contributed by atoms with Gasteiger partial charge in [-0.25, -0.2) is 9.18 Å². The summed E-state index contributed by atoms with van der Waals surface area (Å²) in [5.41, 5.74) is 2.23. The van der Waals surface area contributed by atoms with Crippen LogP contribution in [-0.2, 0) is 0 Å². The molecule has 0 saturated heterocycles. The van der Waals surface area contributed by atoms with E-state index in [9.17, 15) is 14.0 Å². The van der Waals surface area contributed by atoms with Crippen LogP contribution in [0, 0.1) is 12.7 Å². The molecule has 3 aromatic carbocycles. The molecule has 1 aliphatic heterocycles. The van der Waals surface area contributed by atoms with Crippen LogP contribution >= 0.6 is 0 Å². The minimum absolute atomic E-state index is 0.0771. The number of esters is 1. The number of fused-ring (bicyclic) bond motifs is 2. The lowest BCUT2D eigenvalue weighted by Crippen LogP contribution is -2.07. The number of rotatable bonds is 3. The molecule has 31 heavy (non-hydrogen) atoms. The van der Waals surface area contributed by atoms with E-state index in [-0.39, 0.29) is 28.9 Å². The summed E-state index contributed by atoms with van der Waals surface area (Å²) >= 11 is 0. The lowest BCUT2D eigenvalue weighted by Gasteiger charge is -2.06. The Morgan fingerprint density at radius 3 is 2.58 bits per heavy atom. The van der Waals surface area contributed by atoms with Gasteiger partial charge in [0.2, 0.25) is 11.5 Å². The highest BCUT2D eigenvalue weighted by molar-refractivity contribution is 6.15. The Morgan fingerprint density at radius 1 is 1.03 bits per heavy atom. The number of para-hydroxylation sites is 1. The van der Waals surface area contributed by atoms with Gasteiger partial charge in [0, 0.05) is 11.5 Å². The third-order valence-corrected chi connectivity index (χ3v) is 4.95. The average Bonchev–Trinajstić information content (AvgIpc) is 3.31. The van der Waals surface area contributed by atoms with E-state index in [0.717, 1.165) is 5.39 Å². The molecule has 0 bridgehead atoms. The molecular formula is C25H15FO5. The van der Waals surface area contributed by atoms with Crippen LogP contribution in [0.3, 0.4) is 0 Å². The second-order valence-corrected chi connectivity index (χ2v) is 7.14. The lowest BCUT2D eigenvalue weighted by molar-refractivity contribution is 0.0703. The number of halogens is 1. The number of hydrogen-bond donors (Lipinski definition) is 0. The number of benzene rings is 3. The van der Waals surface area contributed by atoms with Crippen molar-refractivity contribution in [2.45, 2.75) is 6.92 Å². The summed E-state index contributed by atoms with van der Waals surface area (Å²) in [6.45, 7) is 1.74. The zero-order valence-electron chi connectivity index (χ0n) is 16.3. The van der Waals surface area contributed by atoms with Crippen molar-refractivity contribution in [3.63, 3.8) is 0 Å². The molecule has 0 aliphatic carbocycles. The van der Waals surface area contributed by atoms with E-state index in [0.29, 0.717) is 28.0 Å². The van der Waals surface area contributed by atoms with Gasteiger partial charge in [-0.15, -0.1) is 0 Å². The van der Waals surface area contributed by atoms with Crippen molar-refractivity contribution in [2.75, 3.05) is 0 Å². The summed E-state index contributed by atoms with van der Waals surface area (Å²) in [5.74, 6) is -0.577. The average molecular weight is 414 g/mol. The van der Waals surface area contributed by atoms with Gasteiger partial charge in [-0.3, -0.25) is 4.79 Å². The van der Waals surface area contributed by atoms with Crippen LogP contribution in [0.15, 0.2) is 76.9 Å². The Bertz CT molecular complexity index is 1350. The van der Waals surface area contributed by atoms with Crippen LogP contribution < -0.4 is 9.47 Å². The van der Waals surface area contributed by atoms with E-state index in [1.807, 2.05) is 18.2 Å². The van der Waals surface area contributed by atoms with Crippen molar-refractivity contribution in [1.82, 2.24) is 0 Å². The number of carbonyl (C=O) groups is 2. The summed E-state index contributed by atoms with van der Waals surface area (Å²) in [6, 6.07) is 17.7. The van der Waals surface area contributed by atoms with Gasteiger partial charge in [-0.05, 0) is 54.5 Å². The molecule has 0 saturated carbocycles. The zero-order chi connectivity index (χ0) is 21.5. The molecule has 6 heteroatoms. The summed E-state index contributed by atoms with van der Waals surface area (Å²) in [7, 11) is 0. The molecule has 0 N–H and O–H groups in total. The first-order valence-corrected chi connectivity index (χ1v) is 9.53. The maximum absolute atomic E-state index is 13.1. The summed E-state index contributed by atoms with van der Waals surface area (Å²) in [4.78, 5) is 25.3.